The summed E-state index contributed by atoms with van der Waals surface area (Å²) in [6.07, 6.45) is 4.71. The van der Waals surface area contributed by atoms with Crippen molar-refractivity contribution in [1.29, 1.82) is 0 Å². The molecule has 5 rings (SSSR count). The van der Waals surface area contributed by atoms with Gasteiger partial charge in [0.15, 0.2) is 0 Å². The van der Waals surface area contributed by atoms with Gasteiger partial charge < -0.3 is 25.2 Å². The van der Waals surface area contributed by atoms with Crippen molar-refractivity contribution >= 4 is 23.4 Å². The van der Waals surface area contributed by atoms with Gasteiger partial charge in [-0.1, -0.05) is 54.8 Å². The zero-order chi connectivity index (χ0) is 25.9. The number of nitrogens with one attached hydrogen (secondary N) is 1. The molecule has 0 bridgehead atoms. The van der Waals surface area contributed by atoms with Gasteiger partial charge in [-0.25, -0.2) is 0 Å². The molecule has 4 atom stereocenters. The van der Waals surface area contributed by atoms with Gasteiger partial charge >= 0.3 is 0 Å². The third kappa shape index (κ3) is 5.40. The predicted octanol–water partition coefficient (Wildman–Crippen LogP) is 3.57. The standard InChI is InChI=1S/C29H33ClN2O5/c30-20-11-9-19(10-12-20)17-32(25(34)15-18-5-1-2-6-18)23-16-22(29(36)31-13-14-33)26-21-7-3-4-8-24(21)37-28(26)27(23)35/h3-4,7-12,16,18,23,26-28,33,35H,1-2,5-6,13-15,17H2,(H,31,36)/t23-,26+,27+,28+/m1/s1. The third-order valence-corrected chi connectivity index (χ3v) is 8.01. The van der Waals surface area contributed by atoms with E-state index >= 15 is 0 Å². The SMILES string of the molecule is O=C(NCCO)C1=C[C@@H](N(Cc2ccc(Cl)cc2)C(=O)CC2CCCC2)[C@H](O)[C@H]2Oc3ccccc3[C@@H]12. The first kappa shape index (κ1) is 25.8. The Hall–Kier alpha value is -2.87. The highest BCUT2D eigenvalue weighted by Crippen LogP contribution is 2.47. The van der Waals surface area contributed by atoms with Gasteiger partial charge in [0, 0.05) is 35.7 Å². The topological polar surface area (TPSA) is 99.1 Å². The molecule has 37 heavy (non-hydrogen) atoms. The highest BCUT2D eigenvalue weighted by Gasteiger charge is 2.50. The van der Waals surface area contributed by atoms with Gasteiger partial charge in [0.25, 0.3) is 0 Å². The van der Waals surface area contributed by atoms with Crippen LogP contribution in [0.4, 0.5) is 0 Å². The fourth-order valence-corrected chi connectivity index (χ4v) is 6.04. The van der Waals surface area contributed by atoms with Crippen molar-refractivity contribution in [1.82, 2.24) is 10.2 Å². The lowest BCUT2D eigenvalue weighted by atomic mass is 9.77. The van der Waals surface area contributed by atoms with E-state index in [0.717, 1.165) is 36.8 Å². The van der Waals surface area contributed by atoms with Crippen molar-refractivity contribution in [3.8, 4) is 5.75 Å². The van der Waals surface area contributed by atoms with Gasteiger partial charge in [0.2, 0.25) is 11.8 Å². The van der Waals surface area contributed by atoms with Crippen molar-refractivity contribution in [2.24, 2.45) is 5.92 Å². The molecule has 1 heterocycles. The van der Waals surface area contributed by atoms with Gasteiger partial charge in [0.1, 0.15) is 18.0 Å². The second-order valence-electron chi connectivity index (χ2n) is 10.2. The zero-order valence-electron chi connectivity index (χ0n) is 20.7. The number of carbonyl (C=O) groups excluding carboxylic acids is 2. The average molecular weight is 525 g/mol. The lowest BCUT2D eigenvalue weighted by molar-refractivity contribution is -0.139. The Morgan fingerprint density at radius 3 is 2.54 bits per heavy atom. The average Bonchev–Trinajstić information content (AvgIpc) is 3.56. The number of amides is 2. The van der Waals surface area contributed by atoms with Gasteiger partial charge in [-0.3, -0.25) is 9.59 Å². The van der Waals surface area contributed by atoms with Crippen LogP contribution in [0.25, 0.3) is 0 Å². The van der Waals surface area contributed by atoms with E-state index in [-0.39, 0.29) is 31.5 Å². The monoisotopic (exact) mass is 524 g/mol. The van der Waals surface area contributed by atoms with E-state index in [1.165, 1.54) is 0 Å². The highest BCUT2D eigenvalue weighted by molar-refractivity contribution is 6.30. The molecule has 1 aliphatic heterocycles. The van der Waals surface area contributed by atoms with Crippen LogP contribution < -0.4 is 10.1 Å². The fraction of sp³-hybridized carbons (Fsp3) is 0.448. The number of hydrogen-bond acceptors (Lipinski definition) is 5. The Morgan fingerprint density at radius 1 is 1.08 bits per heavy atom. The molecule has 7 nitrogen and oxygen atoms in total. The number of halogens is 1. The van der Waals surface area contributed by atoms with Crippen LogP contribution in [0.15, 0.2) is 60.2 Å². The van der Waals surface area contributed by atoms with E-state index in [9.17, 15) is 19.8 Å². The van der Waals surface area contributed by atoms with E-state index in [0.29, 0.717) is 28.7 Å². The maximum absolute atomic E-state index is 13.8. The zero-order valence-corrected chi connectivity index (χ0v) is 21.4. The maximum atomic E-state index is 13.8. The number of aliphatic hydroxyl groups excluding tert-OH is 2. The van der Waals surface area contributed by atoms with E-state index in [1.54, 1.807) is 23.1 Å². The second-order valence-corrected chi connectivity index (χ2v) is 10.6. The molecule has 2 amide bonds. The molecular formula is C29H33ClN2O5. The van der Waals surface area contributed by atoms with Crippen LogP contribution in [0.5, 0.6) is 5.75 Å². The fourth-order valence-electron chi connectivity index (χ4n) is 5.92. The van der Waals surface area contributed by atoms with Crippen molar-refractivity contribution in [2.75, 3.05) is 13.2 Å². The molecule has 1 saturated carbocycles. The lowest BCUT2D eigenvalue weighted by Crippen LogP contribution is -2.55. The molecule has 2 aromatic carbocycles. The number of hydrogen-bond donors (Lipinski definition) is 3. The van der Waals surface area contributed by atoms with E-state index < -0.39 is 24.2 Å². The number of para-hydroxylation sites is 1. The minimum absolute atomic E-state index is 0.0498. The van der Waals surface area contributed by atoms with Crippen molar-refractivity contribution in [2.45, 2.75) is 62.8 Å². The molecule has 1 fully saturated rings. The van der Waals surface area contributed by atoms with Gasteiger partial charge in [-0.15, -0.1) is 0 Å². The molecule has 0 unspecified atom stereocenters. The number of fused-ring (bicyclic) bond motifs is 3. The summed E-state index contributed by atoms with van der Waals surface area (Å²) in [5, 5.41) is 24.3. The first-order valence-corrected chi connectivity index (χ1v) is 13.4. The predicted molar refractivity (Wildman–Crippen MR) is 140 cm³/mol. The molecule has 0 aromatic heterocycles. The molecule has 0 saturated heterocycles. The Morgan fingerprint density at radius 2 is 1.81 bits per heavy atom. The van der Waals surface area contributed by atoms with Gasteiger partial charge in [-0.2, -0.15) is 0 Å². The summed E-state index contributed by atoms with van der Waals surface area (Å²) in [6, 6.07) is 14.0. The lowest BCUT2D eigenvalue weighted by Gasteiger charge is -2.41. The van der Waals surface area contributed by atoms with E-state index in [4.69, 9.17) is 16.3 Å². The van der Waals surface area contributed by atoms with Crippen molar-refractivity contribution in [3.05, 3.63) is 76.3 Å². The quantitative estimate of drug-likeness (QED) is 0.490. The smallest absolute Gasteiger partial charge is 0.247 e. The van der Waals surface area contributed by atoms with Crippen molar-refractivity contribution in [3.63, 3.8) is 0 Å². The number of carbonyl (C=O) groups is 2. The van der Waals surface area contributed by atoms with Crippen LogP contribution in [-0.2, 0) is 16.1 Å². The summed E-state index contributed by atoms with van der Waals surface area (Å²) < 4.78 is 6.19. The number of benzene rings is 2. The summed E-state index contributed by atoms with van der Waals surface area (Å²) in [5.41, 5.74) is 2.15. The van der Waals surface area contributed by atoms with Crippen LogP contribution in [0.1, 0.15) is 49.1 Å². The van der Waals surface area contributed by atoms with Gasteiger partial charge in [0.05, 0.1) is 18.6 Å². The Balaban J connectivity index is 1.52. The number of rotatable bonds is 8. The summed E-state index contributed by atoms with van der Waals surface area (Å²) in [7, 11) is 0. The summed E-state index contributed by atoms with van der Waals surface area (Å²) in [5.74, 6) is 0.0993. The summed E-state index contributed by atoms with van der Waals surface area (Å²) in [4.78, 5) is 28.7. The molecule has 8 heteroatoms. The largest absolute Gasteiger partial charge is 0.486 e. The Labute approximate surface area is 222 Å². The Kier molecular flexibility index (Phi) is 7.84. The Bertz CT molecular complexity index is 1160. The molecular weight excluding hydrogens is 492 g/mol. The molecule has 0 spiro atoms. The normalized spacial score (nSPS) is 24.6. The van der Waals surface area contributed by atoms with E-state index in [1.807, 2.05) is 36.4 Å². The molecule has 3 N–H and O–H groups in total. The third-order valence-electron chi connectivity index (χ3n) is 7.76. The van der Waals surface area contributed by atoms with Crippen LogP contribution >= 0.6 is 11.6 Å². The van der Waals surface area contributed by atoms with E-state index in [2.05, 4.69) is 5.32 Å². The van der Waals surface area contributed by atoms with Crippen LogP contribution in [0.2, 0.25) is 5.02 Å². The first-order chi connectivity index (χ1) is 18.0. The molecule has 196 valence electrons. The second kappa shape index (κ2) is 11.3. The van der Waals surface area contributed by atoms with Crippen LogP contribution in [-0.4, -0.2) is 58.3 Å². The number of ether oxygens (including phenoxy) is 1. The molecule has 0 radical (unpaired) electrons. The molecule has 3 aliphatic rings. The highest BCUT2D eigenvalue weighted by atomic mass is 35.5. The minimum atomic E-state index is -1.04. The summed E-state index contributed by atoms with van der Waals surface area (Å²) >= 11 is 6.09. The van der Waals surface area contributed by atoms with Crippen LogP contribution in [0, 0.1) is 5.92 Å². The summed E-state index contributed by atoms with van der Waals surface area (Å²) in [6.45, 7) is 0.198. The van der Waals surface area contributed by atoms with Gasteiger partial charge in [-0.05, 0) is 48.6 Å². The minimum Gasteiger partial charge on any atom is -0.486 e. The number of nitrogens with zero attached hydrogens (tertiary/aromatic N) is 1. The first-order valence-electron chi connectivity index (χ1n) is 13.0. The molecule has 2 aliphatic carbocycles. The van der Waals surface area contributed by atoms with Crippen LogP contribution in [0.3, 0.4) is 0 Å². The number of aliphatic hydroxyl groups is 2. The van der Waals surface area contributed by atoms with Crippen molar-refractivity contribution < 1.29 is 24.5 Å². The maximum Gasteiger partial charge on any atom is 0.247 e. The molecule has 2 aromatic rings.